The normalized spacial score (nSPS) is 19.7. The van der Waals surface area contributed by atoms with Crippen LogP contribution in [0.5, 0.6) is 11.5 Å². The first kappa shape index (κ1) is 14.4. The molecule has 21 heavy (non-hydrogen) atoms. The summed E-state index contributed by atoms with van der Waals surface area (Å²) >= 11 is 1.60. The van der Waals surface area contributed by atoms with Gasteiger partial charge in [0, 0.05) is 35.7 Å². The van der Waals surface area contributed by atoms with Crippen LogP contribution in [0.15, 0.2) is 29.8 Å². The summed E-state index contributed by atoms with van der Waals surface area (Å²) in [6.45, 7) is 4.72. The number of hydrogen-bond acceptors (Lipinski definition) is 5. The van der Waals surface area contributed by atoms with Crippen LogP contribution in [-0.4, -0.2) is 17.6 Å². The van der Waals surface area contributed by atoms with Crippen LogP contribution in [0.2, 0.25) is 0 Å². The predicted octanol–water partition coefficient (Wildman–Crippen LogP) is 3.54. The molecule has 1 aliphatic heterocycles. The molecule has 0 bridgehead atoms. The summed E-state index contributed by atoms with van der Waals surface area (Å²) in [5.41, 5.74) is 1.02. The topological polar surface area (TPSA) is 43.4 Å². The van der Waals surface area contributed by atoms with Crippen LogP contribution >= 0.6 is 11.3 Å². The Labute approximate surface area is 129 Å². The molecule has 2 heterocycles. The summed E-state index contributed by atoms with van der Waals surface area (Å²) in [7, 11) is 1.99. The maximum atomic E-state index is 6.10. The summed E-state index contributed by atoms with van der Waals surface area (Å²) < 4.78 is 11.9. The van der Waals surface area contributed by atoms with Crippen LogP contribution in [0.3, 0.4) is 0 Å². The number of aromatic nitrogens is 1. The number of nitrogens with zero attached hydrogens (tertiary/aromatic N) is 1. The Kier molecular flexibility index (Phi) is 3.87. The summed E-state index contributed by atoms with van der Waals surface area (Å²) in [4.78, 5) is 4.22. The zero-order valence-electron chi connectivity index (χ0n) is 12.6. The van der Waals surface area contributed by atoms with E-state index in [9.17, 15) is 0 Å². The smallest absolute Gasteiger partial charge is 0.140 e. The zero-order chi connectivity index (χ0) is 14.9. The summed E-state index contributed by atoms with van der Waals surface area (Å²) in [5.74, 6) is 1.72. The van der Waals surface area contributed by atoms with Crippen molar-refractivity contribution in [2.24, 2.45) is 0 Å². The van der Waals surface area contributed by atoms with Gasteiger partial charge in [0.25, 0.3) is 0 Å². The van der Waals surface area contributed by atoms with E-state index in [1.807, 2.05) is 24.6 Å². The molecule has 112 valence electrons. The molecule has 0 fully saturated rings. The van der Waals surface area contributed by atoms with Gasteiger partial charge in [-0.1, -0.05) is 6.07 Å². The van der Waals surface area contributed by atoms with Crippen molar-refractivity contribution in [3.05, 3.63) is 40.3 Å². The lowest BCUT2D eigenvalue weighted by atomic mass is 9.90. The molecule has 1 aromatic carbocycles. The zero-order valence-corrected chi connectivity index (χ0v) is 13.4. The Hall–Kier alpha value is -1.59. The lowest BCUT2D eigenvalue weighted by Crippen LogP contribution is -2.38. The average Bonchev–Trinajstić information content (AvgIpc) is 2.96. The predicted molar refractivity (Wildman–Crippen MR) is 84.0 cm³/mol. The van der Waals surface area contributed by atoms with Crippen molar-refractivity contribution in [3.63, 3.8) is 0 Å². The number of fused-ring (bicyclic) bond motifs is 1. The molecule has 1 N–H and O–H groups in total. The highest BCUT2D eigenvalue weighted by Gasteiger charge is 2.33. The van der Waals surface area contributed by atoms with E-state index in [4.69, 9.17) is 9.47 Å². The van der Waals surface area contributed by atoms with Crippen molar-refractivity contribution in [2.45, 2.75) is 38.5 Å². The van der Waals surface area contributed by atoms with Gasteiger partial charge in [-0.15, -0.1) is 11.3 Å². The Morgan fingerprint density at radius 2 is 2.33 bits per heavy atom. The first-order valence-electron chi connectivity index (χ1n) is 7.09. The van der Waals surface area contributed by atoms with Gasteiger partial charge in [0.15, 0.2) is 0 Å². The quantitative estimate of drug-likeness (QED) is 0.938. The van der Waals surface area contributed by atoms with Gasteiger partial charge in [-0.3, -0.25) is 0 Å². The van der Waals surface area contributed by atoms with Gasteiger partial charge in [0.05, 0.1) is 0 Å². The lowest BCUT2D eigenvalue weighted by Gasteiger charge is -2.37. The SMILES string of the molecule is CNC1CC(C)(C)Oc2cc(OCc3nccs3)ccc21. The Bertz CT molecular complexity index is 611. The molecule has 3 rings (SSSR count). The number of benzene rings is 1. The Morgan fingerprint density at radius 1 is 1.48 bits per heavy atom. The molecule has 4 nitrogen and oxygen atoms in total. The maximum Gasteiger partial charge on any atom is 0.140 e. The van der Waals surface area contributed by atoms with Crippen LogP contribution in [0, 0.1) is 0 Å². The molecule has 1 aliphatic rings. The van der Waals surface area contributed by atoms with E-state index in [1.54, 1.807) is 17.5 Å². The maximum absolute atomic E-state index is 6.10. The minimum absolute atomic E-state index is 0.172. The van der Waals surface area contributed by atoms with Gasteiger partial charge in [-0.2, -0.15) is 0 Å². The van der Waals surface area contributed by atoms with E-state index in [2.05, 4.69) is 30.2 Å². The fourth-order valence-corrected chi connectivity index (χ4v) is 3.18. The Balaban J connectivity index is 1.80. The van der Waals surface area contributed by atoms with Crippen molar-refractivity contribution in [1.82, 2.24) is 10.3 Å². The van der Waals surface area contributed by atoms with E-state index in [-0.39, 0.29) is 5.60 Å². The third-order valence-electron chi connectivity index (χ3n) is 3.64. The van der Waals surface area contributed by atoms with Gasteiger partial charge >= 0.3 is 0 Å². The van der Waals surface area contributed by atoms with Crippen molar-refractivity contribution < 1.29 is 9.47 Å². The Morgan fingerprint density at radius 3 is 3.05 bits per heavy atom. The highest BCUT2D eigenvalue weighted by molar-refractivity contribution is 7.09. The number of nitrogens with one attached hydrogen (secondary N) is 1. The first-order chi connectivity index (χ1) is 10.1. The van der Waals surface area contributed by atoms with E-state index >= 15 is 0 Å². The molecule has 0 saturated carbocycles. The monoisotopic (exact) mass is 304 g/mol. The van der Waals surface area contributed by atoms with Gasteiger partial charge in [-0.25, -0.2) is 4.98 Å². The van der Waals surface area contributed by atoms with E-state index < -0.39 is 0 Å². The second kappa shape index (κ2) is 5.66. The van der Waals surface area contributed by atoms with Gasteiger partial charge in [0.1, 0.15) is 28.7 Å². The summed E-state index contributed by atoms with van der Waals surface area (Å²) in [6.07, 6.45) is 2.75. The van der Waals surface area contributed by atoms with Crippen LogP contribution in [0.1, 0.15) is 36.9 Å². The molecular formula is C16H20N2O2S. The molecule has 0 saturated heterocycles. The number of ether oxygens (including phenoxy) is 2. The minimum atomic E-state index is -0.172. The van der Waals surface area contributed by atoms with Crippen LogP contribution in [0.25, 0.3) is 0 Å². The third-order valence-corrected chi connectivity index (χ3v) is 4.39. The molecule has 1 atom stereocenters. The molecule has 5 heteroatoms. The largest absolute Gasteiger partial charge is 0.487 e. The minimum Gasteiger partial charge on any atom is -0.487 e. The molecule has 1 aromatic heterocycles. The number of rotatable bonds is 4. The van der Waals surface area contributed by atoms with Crippen LogP contribution in [0.4, 0.5) is 0 Å². The fraction of sp³-hybridized carbons (Fsp3) is 0.438. The highest BCUT2D eigenvalue weighted by atomic mass is 32.1. The van der Waals surface area contributed by atoms with Crippen molar-refractivity contribution >= 4 is 11.3 Å². The van der Waals surface area contributed by atoms with E-state index in [1.165, 1.54) is 5.56 Å². The average molecular weight is 304 g/mol. The molecular weight excluding hydrogens is 284 g/mol. The van der Waals surface area contributed by atoms with Crippen molar-refractivity contribution in [2.75, 3.05) is 7.05 Å². The van der Waals surface area contributed by atoms with Crippen LogP contribution < -0.4 is 14.8 Å². The second-order valence-electron chi connectivity index (χ2n) is 5.82. The summed E-state index contributed by atoms with van der Waals surface area (Å²) in [6, 6.07) is 6.38. The van der Waals surface area contributed by atoms with Gasteiger partial charge in [0.2, 0.25) is 0 Å². The molecule has 0 radical (unpaired) electrons. The highest BCUT2D eigenvalue weighted by Crippen LogP contribution is 2.41. The van der Waals surface area contributed by atoms with Gasteiger partial charge < -0.3 is 14.8 Å². The summed E-state index contributed by atoms with van der Waals surface area (Å²) in [5, 5.41) is 6.29. The fourth-order valence-electron chi connectivity index (χ4n) is 2.65. The molecule has 0 spiro atoms. The van der Waals surface area contributed by atoms with Crippen molar-refractivity contribution in [1.29, 1.82) is 0 Å². The first-order valence-corrected chi connectivity index (χ1v) is 7.97. The number of thiazole rings is 1. The third kappa shape index (κ3) is 3.19. The molecule has 2 aromatic rings. The van der Waals surface area contributed by atoms with E-state index in [0.717, 1.165) is 22.9 Å². The molecule has 0 aliphatic carbocycles. The molecule has 0 amide bonds. The van der Waals surface area contributed by atoms with Crippen molar-refractivity contribution in [3.8, 4) is 11.5 Å². The lowest BCUT2D eigenvalue weighted by molar-refractivity contribution is 0.0671. The number of hydrogen-bond donors (Lipinski definition) is 1. The second-order valence-corrected chi connectivity index (χ2v) is 6.80. The van der Waals surface area contributed by atoms with Crippen LogP contribution in [-0.2, 0) is 6.61 Å². The van der Waals surface area contributed by atoms with Gasteiger partial charge in [-0.05, 0) is 27.0 Å². The molecule has 1 unspecified atom stereocenters. The standard InChI is InChI=1S/C16H20N2O2S/c1-16(2)9-13(17-3)12-5-4-11(8-14(12)20-16)19-10-15-18-6-7-21-15/h4-8,13,17H,9-10H2,1-3H3. The van der Waals surface area contributed by atoms with E-state index in [0.29, 0.717) is 12.6 Å².